The maximum absolute atomic E-state index is 11.2. The van der Waals surface area contributed by atoms with Gasteiger partial charge in [0.1, 0.15) is 163 Å². The van der Waals surface area contributed by atoms with Gasteiger partial charge in [-0.05, 0) is 109 Å². The van der Waals surface area contributed by atoms with Crippen molar-refractivity contribution in [3.63, 3.8) is 0 Å². The van der Waals surface area contributed by atoms with Gasteiger partial charge in [0.15, 0.2) is 52.4 Å². The van der Waals surface area contributed by atoms with Crippen molar-refractivity contribution >= 4 is 53.7 Å². The molecule has 135 heavy (non-hydrogen) atoms. The molecule has 0 unspecified atom stereocenters. The standard InChI is InChI=1S/C29H23N3O14.C27H21N3O12.C25H19N3O10.9Na/c33-20-7-14(43-10-23(35)36)1-4-17(20)27-30-28(18-5-2-15(8-21(18)34)44-11-24(37)38)32-29(31-27)19-6-3-16(45-12-25(39)40)9-22(19)46-13-26(41)42;31-19-7-13(40-10-22(34)35)1-4-16(19)25-28-26(17-5-2-14(8-20(17)32)41-11-23(36)37)30-27(29-25)18-6-3-15(9-21(18)33)42-12-24(38)39;29-12-1-4-15(18(30)7-12)23-26-24(16-5-2-13(8-19(16)31)37-10-21(33)34)28-25(27-23)17-6-3-14(9-20(17)32)38-11-22(35)36;;;;;;;;;/h1-9,33-34H,10-13H2,(H,35,36)(H,37,38)(H,39,40)(H,41,42);1-9,31-33H,10-12H2,(H,34,35)(H,36,37)(H,38,39);1-9,29-32H,10-11H2,(H,33,34)(H,35,36);;;;;;;;;/q;;;9*+1/p-9. The number of aromatic nitrogens is 9. The molecule has 0 amide bonds. The van der Waals surface area contributed by atoms with Crippen LogP contribution in [0.1, 0.15) is 0 Å². The van der Waals surface area contributed by atoms with Gasteiger partial charge < -0.3 is 178 Å². The summed E-state index contributed by atoms with van der Waals surface area (Å²) in [6, 6.07) is 33.9. The van der Waals surface area contributed by atoms with Crippen LogP contribution in [0.5, 0.6) is 103 Å². The molecular weight excluding hydrogens is 1880 g/mol. The molecule has 0 aliphatic carbocycles. The van der Waals surface area contributed by atoms with Gasteiger partial charge in [-0.3, -0.25) is 0 Å². The molecule has 0 aliphatic heterocycles. The molecule has 0 fully saturated rings. The average Bonchev–Trinajstić information content (AvgIpc) is 0.785. The van der Waals surface area contributed by atoms with Gasteiger partial charge in [0.2, 0.25) is 0 Å². The van der Waals surface area contributed by atoms with Crippen LogP contribution in [0.25, 0.3) is 102 Å². The number of phenols is 9. The second-order valence-corrected chi connectivity index (χ2v) is 25.0. The van der Waals surface area contributed by atoms with Gasteiger partial charge in [0.05, 0.1) is 104 Å². The molecule has 0 bridgehead atoms. The van der Waals surface area contributed by atoms with E-state index in [9.17, 15) is 135 Å². The number of carbonyl (C=O) groups excluding carboxylic acids is 9. The number of benzene rings is 9. The number of carboxylic acids is 9. The Morgan fingerprint density at radius 3 is 0.474 bits per heavy atom. The van der Waals surface area contributed by atoms with Crippen LogP contribution in [-0.2, 0) is 43.2 Å². The van der Waals surface area contributed by atoms with Gasteiger partial charge in [-0.15, -0.1) is 0 Å². The number of hydrogen-bond donors (Lipinski definition) is 9. The fraction of sp³-hybridized carbons (Fsp3) is 0.111. The molecule has 0 saturated heterocycles. The Hall–Kier alpha value is -9.36. The molecule has 3 heterocycles. The van der Waals surface area contributed by atoms with Crippen molar-refractivity contribution in [1.82, 2.24) is 44.9 Å². The van der Waals surface area contributed by atoms with Crippen molar-refractivity contribution in [2.75, 3.05) is 59.5 Å². The van der Waals surface area contributed by atoms with Crippen LogP contribution in [0, 0.1) is 0 Å². The summed E-state index contributed by atoms with van der Waals surface area (Å²) in [5.74, 6) is -18.5. The molecule has 0 spiro atoms. The monoisotopic (exact) mass is 1940 g/mol. The number of rotatable bonds is 36. The van der Waals surface area contributed by atoms with Crippen molar-refractivity contribution in [2.24, 2.45) is 0 Å². The predicted octanol–water partition coefficient (Wildman–Crippen LogP) is -31.8. The third-order valence-corrected chi connectivity index (χ3v) is 16.0. The van der Waals surface area contributed by atoms with Crippen LogP contribution >= 0.6 is 0 Å². The summed E-state index contributed by atoms with van der Waals surface area (Å²) in [6.45, 7) is -7.11. The van der Waals surface area contributed by atoms with Gasteiger partial charge >= 0.3 is 266 Å². The zero-order valence-electron chi connectivity index (χ0n) is 72.5. The van der Waals surface area contributed by atoms with E-state index in [1.165, 1.54) is 109 Å². The largest absolute Gasteiger partial charge is 1.00 e. The normalized spacial score (nSPS) is 9.87. The van der Waals surface area contributed by atoms with Crippen molar-refractivity contribution in [3.8, 4) is 206 Å². The Balaban J connectivity index is 0.000000984. The molecule has 0 radical (unpaired) electrons. The van der Waals surface area contributed by atoms with E-state index in [1.54, 1.807) is 0 Å². The first-order chi connectivity index (χ1) is 60.0. The minimum atomic E-state index is -1.60. The second kappa shape index (κ2) is 59.0. The van der Waals surface area contributed by atoms with Gasteiger partial charge in [-0.25, -0.2) is 44.9 Å². The fourth-order valence-electron chi connectivity index (χ4n) is 10.6. The van der Waals surface area contributed by atoms with Crippen LogP contribution in [0.15, 0.2) is 164 Å². The Morgan fingerprint density at radius 1 is 0.185 bits per heavy atom. The van der Waals surface area contributed by atoms with E-state index in [1.807, 2.05) is 0 Å². The zero-order valence-corrected chi connectivity index (χ0v) is 90.5. The summed E-state index contributed by atoms with van der Waals surface area (Å²) in [6.07, 6.45) is 0. The molecule has 54 heteroatoms. The minimum absolute atomic E-state index is 0. The number of aliphatic carboxylic acids is 9. The first-order valence-electron chi connectivity index (χ1n) is 35.2. The van der Waals surface area contributed by atoms with E-state index in [-0.39, 0.29) is 443 Å². The third-order valence-electron chi connectivity index (χ3n) is 16.0. The number of carbonyl (C=O) groups is 9. The Labute approximate surface area is 958 Å². The molecule has 45 nitrogen and oxygen atoms in total. The van der Waals surface area contributed by atoms with E-state index >= 15 is 0 Å². The summed E-state index contributed by atoms with van der Waals surface area (Å²) in [5, 5.41) is 191. The van der Waals surface area contributed by atoms with E-state index in [0.717, 1.165) is 54.6 Å². The number of nitrogens with zero attached hydrogens (tertiary/aromatic N) is 9. The minimum Gasteiger partial charge on any atom is -0.546 e. The van der Waals surface area contributed by atoms with Crippen molar-refractivity contribution in [2.45, 2.75) is 0 Å². The number of aromatic hydroxyl groups is 9. The summed E-state index contributed by atoms with van der Waals surface area (Å²) >= 11 is 0. The van der Waals surface area contributed by atoms with E-state index in [4.69, 9.17) is 42.6 Å². The summed E-state index contributed by atoms with van der Waals surface area (Å²) < 4.78 is 45.4. The Morgan fingerprint density at radius 2 is 0.319 bits per heavy atom. The smallest absolute Gasteiger partial charge is 0.546 e. The average molecular weight is 1940 g/mol. The number of phenolic OH excluding ortho intramolecular Hbond substituents is 9. The van der Waals surface area contributed by atoms with Gasteiger partial charge in [-0.1, -0.05) is 0 Å². The van der Waals surface area contributed by atoms with Gasteiger partial charge in [-0.2, -0.15) is 0 Å². The van der Waals surface area contributed by atoms with Crippen molar-refractivity contribution in [3.05, 3.63) is 164 Å². The molecule has 9 N–H and O–H groups in total. The molecular formula is C81H54N9Na9O36. The summed E-state index contributed by atoms with van der Waals surface area (Å²) in [5.41, 5.74) is 0.302. The zero-order chi connectivity index (χ0) is 91.2. The molecule has 0 saturated carbocycles. The fourth-order valence-corrected chi connectivity index (χ4v) is 10.6. The van der Waals surface area contributed by atoms with Crippen molar-refractivity contribution < 1.29 is 444 Å². The molecule has 12 rings (SSSR count). The number of carboxylic acid groups (broad SMARTS) is 9. The Bertz CT molecular complexity index is 5860. The van der Waals surface area contributed by atoms with Crippen LogP contribution < -0.4 is 355 Å². The summed E-state index contributed by atoms with van der Waals surface area (Å²) in [7, 11) is 0. The van der Waals surface area contributed by atoms with Crippen LogP contribution in [0.3, 0.4) is 0 Å². The van der Waals surface area contributed by atoms with Crippen LogP contribution in [-0.4, -0.2) is 204 Å². The van der Waals surface area contributed by atoms with Crippen LogP contribution in [0.2, 0.25) is 0 Å². The molecule has 648 valence electrons. The maximum atomic E-state index is 11.2. The summed E-state index contributed by atoms with van der Waals surface area (Å²) in [4.78, 5) is 136. The van der Waals surface area contributed by atoms with E-state index in [2.05, 4.69) is 44.9 Å². The first kappa shape index (κ1) is 124. The van der Waals surface area contributed by atoms with E-state index < -0.39 is 142 Å². The predicted molar refractivity (Wildman–Crippen MR) is 398 cm³/mol. The quantitative estimate of drug-likeness (QED) is 0.0165. The third kappa shape index (κ3) is 37.1. The first-order valence-corrected chi connectivity index (χ1v) is 35.2. The number of ether oxygens (including phenoxy) is 9. The maximum Gasteiger partial charge on any atom is 1.00 e. The van der Waals surface area contributed by atoms with Crippen molar-refractivity contribution in [1.29, 1.82) is 0 Å². The molecule has 9 aromatic carbocycles. The van der Waals surface area contributed by atoms with Gasteiger partial charge in [0.25, 0.3) is 0 Å². The molecule has 0 aliphatic rings. The molecule has 12 aromatic rings. The Kier molecular flexibility index (Phi) is 54.1. The van der Waals surface area contributed by atoms with Crippen LogP contribution in [0.4, 0.5) is 0 Å². The number of hydrogen-bond acceptors (Lipinski definition) is 45. The molecule has 0 atom stereocenters. The molecule has 3 aromatic heterocycles. The van der Waals surface area contributed by atoms with E-state index in [0.29, 0.717) is 0 Å². The van der Waals surface area contributed by atoms with Gasteiger partial charge in [0, 0.05) is 54.6 Å². The topological polar surface area (TPSA) is 742 Å². The second-order valence-electron chi connectivity index (χ2n) is 25.0. The SMILES string of the molecule is O=C([O-])COc1ccc(-c2nc(-c3ccc(O)cc3O)nc(-c3ccc(OCC(=O)[O-])cc3O)n2)c(O)c1.O=C([O-])COc1ccc(-c2nc(-c3ccc(OCC(=O)[O-])cc3O)nc(-c3ccc(OCC(=O)[O-])cc3O)n2)c(O)c1.O=C([O-])COc1ccc(-c2nc(-c3ccc(OCC(=O)[O-])cc3O)nc(-c3ccc(OCC(=O)[O-])cc3OCC(=O)[O-])n2)c(O)c1.[Na+].[Na+].[Na+].[Na+].[Na+].[Na+].[Na+].[Na+].[Na+].